The topological polar surface area (TPSA) is 13.1 Å². The third kappa shape index (κ3) is 3.02. The number of unbranched alkanes of at least 4 members (excludes halogenated alkanes) is 1. The lowest BCUT2D eigenvalue weighted by Crippen LogP contribution is -1.82. The van der Waals surface area contributed by atoms with Gasteiger partial charge >= 0.3 is 0 Å². The Morgan fingerprint density at radius 3 is 2.05 bits per heavy atom. The maximum absolute atomic E-state index is 6.24. The molecule has 3 aromatic rings. The molecule has 0 amide bonds. The molecule has 112 valence electrons. The average Bonchev–Trinajstić information content (AvgIpc) is 2.91. The van der Waals surface area contributed by atoms with Gasteiger partial charge < -0.3 is 4.42 Å². The molecular formula is C20H19BrO. The van der Waals surface area contributed by atoms with Crippen molar-refractivity contribution in [1.29, 1.82) is 0 Å². The predicted octanol–water partition coefficient (Wildman–Crippen LogP) is 6.72. The van der Waals surface area contributed by atoms with Crippen molar-refractivity contribution in [2.75, 3.05) is 0 Å². The van der Waals surface area contributed by atoms with Crippen molar-refractivity contribution in [3.8, 4) is 22.5 Å². The highest BCUT2D eigenvalue weighted by Crippen LogP contribution is 2.42. The average molecular weight is 355 g/mol. The SMILES string of the molecule is CCCCc1oc(-c2ccccc2)c(-c2ccccc2)c1Br. The van der Waals surface area contributed by atoms with Crippen LogP contribution in [0, 0.1) is 0 Å². The van der Waals surface area contributed by atoms with Crippen LogP contribution in [-0.4, -0.2) is 0 Å². The van der Waals surface area contributed by atoms with Crippen LogP contribution in [0.4, 0.5) is 0 Å². The maximum atomic E-state index is 6.24. The summed E-state index contributed by atoms with van der Waals surface area (Å²) >= 11 is 3.77. The fourth-order valence-corrected chi connectivity index (χ4v) is 3.30. The zero-order valence-electron chi connectivity index (χ0n) is 12.7. The van der Waals surface area contributed by atoms with E-state index in [0.717, 1.165) is 46.4 Å². The van der Waals surface area contributed by atoms with Gasteiger partial charge in [0.05, 0.1) is 4.47 Å². The smallest absolute Gasteiger partial charge is 0.143 e. The Kier molecular flexibility index (Phi) is 4.79. The molecule has 0 saturated carbocycles. The van der Waals surface area contributed by atoms with Gasteiger partial charge in [-0.05, 0) is 27.9 Å². The highest BCUT2D eigenvalue weighted by molar-refractivity contribution is 9.10. The second kappa shape index (κ2) is 6.97. The molecule has 2 heteroatoms. The number of hydrogen-bond donors (Lipinski definition) is 0. The summed E-state index contributed by atoms with van der Waals surface area (Å²) in [5.41, 5.74) is 3.45. The Balaban J connectivity index is 2.15. The van der Waals surface area contributed by atoms with E-state index in [4.69, 9.17) is 4.42 Å². The van der Waals surface area contributed by atoms with E-state index in [1.165, 1.54) is 5.56 Å². The Bertz CT molecular complexity index is 729. The summed E-state index contributed by atoms with van der Waals surface area (Å²) in [5.74, 6) is 1.99. The summed E-state index contributed by atoms with van der Waals surface area (Å²) < 4.78 is 7.33. The number of furan rings is 1. The number of benzene rings is 2. The highest BCUT2D eigenvalue weighted by atomic mass is 79.9. The van der Waals surface area contributed by atoms with Crippen molar-refractivity contribution < 1.29 is 4.42 Å². The minimum Gasteiger partial charge on any atom is -0.459 e. The molecular weight excluding hydrogens is 336 g/mol. The Hall–Kier alpha value is -1.80. The standard InChI is InChI=1S/C20H19BrO/c1-2-3-14-17-19(21)18(15-10-6-4-7-11-15)20(22-17)16-12-8-5-9-13-16/h4-13H,2-3,14H2,1H3. The molecule has 22 heavy (non-hydrogen) atoms. The van der Waals surface area contributed by atoms with E-state index in [9.17, 15) is 0 Å². The quantitative estimate of drug-likeness (QED) is 0.495. The number of rotatable bonds is 5. The van der Waals surface area contributed by atoms with Crippen molar-refractivity contribution in [2.24, 2.45) is 0 Å². The fourth-order valence-electron chi connectivity index (χ4n) is 2.61. The summed E-state index contributed by atoms with van der Waals surface area (Å²) in [6, 6.07) is 20.8. The molecule has 0 aliphatic carbocycles. The zero-order valence-corrected chi connectivity index (χ0v) is 14.3. The number of halogens is 1. The van der Waals surface area contributed by atoms with Crippen molar-refractivity contribution in [2.45, 2.75) is 26.2 Å². The van der Waals surface area contributed by atoms with E-state index in [-0.39, 0.29) is 0 Å². The van der Waals surface area contributed by atoms with Gasteiger partial charge in [0.2, 0.25) is 0 Å². The summed E-state index contributed by atoms with van der Waals surface area (Å²) in [6.07, 6.45) is 3.26. The van der Waals surface area contributed by atoms with Crippen LogP contribution >= 0.6 is 15.9 Å². The first-order valence-electron chi connectivity index (χ1n) is 7.73. The molecule has 1 aromatic heterocycles. The van der Waals surface area contributed by atoms with Gasteiger partial charge in [-0.3, -0.25) is 0 Å². The lowest BCUT2D eigenvalue weighted by Gasteiger charge is -2.03. The molecule has 1 nitrogen and oxygen atoms in total. The molecule has 0 aliphatic rings. The van der Waals surface area contributed by atoms with Crippen LogP contribution < -0.4 is 0 Å². The molecule has 0 aliphatic heterocycles. The zero-order chi connectivity index (χ0) is 15.4. The van der Waals surface area contributed by atoms with Gasteiger partial charge in [-0.15, -0.1) is 0 Å². The lowest BCUT2D eigenvalue weighted by atomic mass is 10.0. The van der Waals surface area contributed by atoms with E-state index < -0.39 is 0 Å². The molecule has 0 atom stereocenters. The minimum atomic E-state index is 0.949. The molecule has 0 fully saturated rings. The maximum Gasteiger partial charge on any atom is 0.143 e. The van der Waals surface area contributed by atoms with Gasteiger partial charge in [-0.1, -0.05) is 74.0 Å². The number of hydrogen-bond acceptors (Lipinski definition) is 1. The van der Waals surface area contributed by atoms with Crippen molar-refractivity contribution in [3.05, 3.63) is 70.9 Å². The van der Waals surface area contributed by atoms with Gasteiger partial charge in [0.1, 0.15) is 11.5 Å². The van der Waals surface area contributed by atoms with Crippen LogP contribution in [0.2, 0.25) is 0 Å². The van der Waals surface area contributed by atoms with E-state index in [1.807, 2.05) is 24.3 Å². The summed E-state index contributed by atoms with van der Waals surface area (Å²) in [4.78, 5) is 0. The normalized spacial score (nSPS) is 10.8. The molecule has 0 saturated heterocycles. The van der Waals surface area contributed by atoms with Crippen molar-refractivity contribution >= 4 is 15.9 Å². The molecule has 0 radical (unpaired) electrons. The monoisotopic (exact) mass is 354 g/mol. The van der Waals surface area contributed by atoms with Crippen LogP contribution in [0.15, 0.2) is 69.6 Å². The summed E-state index contributed by atoms with van der Waals surface area (Å²) in [7, 11) is 0. The van der Waals surface area contributed by atoms with Crippen molar-refractivity contribution in [3.63, 3.8) is 0 Å². The van der Waals surface area contributed by atoms with Crippen LogP contribution in [0.3, 0.4) is 0 Å². The molecule has 3 rings (SSSR count). The molecule has 0 bridgehead atoms. The summed E-state index contributed by atoms with van der Waals surface area (Å²) in [5, 5.41) is 0. The molecule has 2 aromatic carbocycles. The molecule has 0 N–H and O–H groups in total. The summed E-state index contributed by atoms with van der Waals surface area (Å²) in [6.45, 7) is 2.20. The van der Waals surface area contributed by atoms with Gasteiger partial charge in [-0.2, -0.15) is 0 Å². The molecule has 0 unspecified atom stereocenters. The predicted molar refractivity (Wildman–Crippen MR) is 95.9 cm³/mol. The Morgan fingerprint density at radius 1 is 0.864 bits per heavy atom. The van der Waals surface area contributed by atoms with Crippen LogP contribution in [0.25, 0.3) is 22.5 Å². The van der Waals surface area contributed by atoms with E-state index in [2.05, 4.69) is 59.3 Å². The third-order valence-electron chi connectivity index (χ3n) is 3.77. The fraction of sp³-hybridized carbons (Fsp3) is 0.200. The van der Waals surface area contributed by atoms with Gasteiger partial charge in [0.25, 0.3) is 0 Å². The second-order valence-electron chi connectivity index (χ2n) is 5.38. The Labute approximate surface area is 140 Å². The van der Waals surface area contributed by atoms with Gasteiger partial charge in [0.15, 0.2) is 0 Å². The second-order valence-corrected chi connectivity index (χ2v) is 6.17. The van der Waals surface area contributed by atoms with E-state index in [1.54, 1.807) is 0 Å². The van der Waals surface area contributed by atoms with E-state index in [0.29, 0.717) is 0 Å². The van der Waals surface area contributed by atoms with Crippen LogP contribution in [-0.2, 0) is 6.42 Å². The minimum absolute atomic E-state index is 0.949. The van der Waals surface area contributed by atoms with E-state index >= 15 is 0 Å². The van der Waals surface area contributed by atoms with Gasteiger partial charge in [0, 0.05) is 17.5 Å². The first kappa shape index (κ1) is 15.1. The van der Waals surface area contributed by atoms with Crippen molar-refractivity contribution in [1.82, 2.24) is 0 Å². The first-order chi connectivity index (χ1) is 10.8. The first-order valence-corrected chi connectivity index (χ1v) is 8.52. The number of aryl methyl sites for hydroxylation is 1. The van der Waals surface area contributed by atoms with Crippen LogP contribution in [0.5, 0.6) is 0 Å². The molecule has 0 spiro atoms. The largest absolute Gasteiger partial charge is 0.459 e. The van der Waals surface area contributed by atoms with Gasteiger partial charge in [-0.25, -0.2) is 0 Å². The van der Waals surface area contributed by atoms with Crippen LogP contribution in [0.1, 0.15) is 25.5 Å². The third-order valence-corrected chi connectivity index (χ3v) is 4.61. The Morgan fingerprint density at radius 2 is 1.45 bits per heavy atom. The highest BCUT2D eigenvalue weighted by Gasteiger charge is 2.20. The lowest BCUT2D eigenvalue weighted by molar-refractivity contribution is 0.510. The molecule has 1 heterocycles.